The number of halogens is 2. The number of benzene rings is 2. The van der Waals surface area contributed by atoms with Gasteiger partial charge in [0.25, 0.3) is 0 Å². The van der Waals surface area contributed by atoms with Gasteiger partial charge in [-0.3, -0.25) is 0 Å². The number of rotatable bonds is 4. The summed E-state index contributed by atoms with van der Waals surface area (Å²) < 4.78 is 27.6. The Morgan fingerprint density at radius 2 is 1.53 bits per heavy atom. The first-order valence-corrected chi connectivity index (χ1v) is 6.34. The maximum Gasteiger partial charge on any atom is 0.128 e. The van der Waals surface area contributed by atoms with Gasteiger partial charge in [-0.1, -0.05) is 43.3 Å². The van der Waals surface area contributed by atoms with Crippen LogP contribution in [0.15, 0.2) is 48.5 Å². The molecular weight excluding hydrogens is 244 g/mol. The van der Waals surface area contributed by atoms with E-state index in [1.54, 1.807) is 36.4 Å². The largest absolute Gasteiger partial charge is 0.321 e. The van der Waals surface area contributed by atoms with Gasteiger partial charge in [-0.2, -0.15) is 0 Å². The molecule has 100 valence electrons. The fourth-order valence-electron chi connectivity index (χ4n) is 2.26. The standard InChI is InChI=1S/C16H17F2N/c1-2-16(19,13-8-4-6-10-15(13)18)11-12-7-3-5-9-14(12)17/h3-10H,2,11,19H2,1H3. The van der Waals surface area contributed by atoms with Gasteiger partial charge < -0.3 is 5.73 Å². The zero-order valence-corrected chi connectivity index (χ0v) is 10.9. The van der Waals surface area contributed by atoms with Crippen LogP contribution in [0, 0.1) is 11.6 Å². The van der Waals surface area contributed by atoms with Gasteiger partial charge in [-0.25, -0.2) is 8.78 Å². The molecule has 0 radical (unpaired) electrons. The van der Waals surface area contributed by atoms with Gasteiger partial charge in [0.05, 0.1) is 0 Å². The van der Waals surface area contributed by atoms with Crippen LogP contribution in [-0.4, -0.2) is 0 Å². The van der Waals surface area contributed by atoms with Gasteiger partial charge in [-0.05, 0) is 30.5 Å². The van der Waals surface area contributed by atoms with E-state index in [-0.39, 0.29) is 18.1 Å². The van der Waals surface area contributed by atoms with Gasteiger partial charge in [0.1, 0.15) is 11.6 Å². The monoisotopic (exact) mass is 261 g/mol. The lowest BCUT2D eigenvalue weighted by atomic mass is 9.82. The van der Waals surface area contributed by atoms with E-state index in [4.69, 9.17) is 5.73 Å². The fourth-order valence-corrected chi connectivity index (χ4v) is 2.26. The SMILES string of the molecule is CCC(N)(Cc1ccccc1F)c1ccccc1F. The van der Waals surface area contributed by atoms with E-state index in [1.165, 1.54) is 12.1 Å². The minimum absolute atomic E-state index is 0.275. The van der Waals surface area contributed by atoms with Gasteiger partial charge >= 0.3 is 0 Å². The lowest BCUT2D eigenvalue weighted by Gasteiger charge is -2.29. The third-order valence-electron chi connectivity index (χ3n) is 3.50. The molecule has 0 heterocycles. The van der Waals surface area contributed by atoms with Crippen molar-refractivity contribution in [1.29, 1.82) is 0 Å². The Labute approximate surface area is 112 Å². The molecule has 2 aromatic carbocycles. The van der Waals surface area contributed by atoms with Crippen LogP contribution in [0.4, 0.5) is 8.78 Å². The van der Waals surface area contributed by atoms with Crippen LogP contribution in [0.1, 0.15) is 24.5 Å². The molecule has 2 N–H and O–H groups in total. The number of hydrogen-bond acceptors (Lipinski definition) is 1. The van der Waals surface area contributed by atoms with Crippen LogP contribution >= 0.6 is 0 Å². The van der Waals surface area contributed by atoms with Crippen LogP contribution in [0.3, 0.4) is 0 Å². The smallest absolute Gasteiger partial charge is 0.128 e. The topological polar surface area (TPSA) is 26.0 Å². The summed E-state index contributed by atoms with van der Waals surface area (Å²) in [5.41, 5.74) is 6.36. The number of nitrogens with two attached hydrogens (primary N) is 1. The first-order chi connectivity index (χ1) is 9.07. The molecule has 19 heavy (non-hydrogen) atoms. The Morgan fingerprint density at radius 3 is 2.11 bits per heavy atom. The molecule has 0 aliphatic carbocycles. The molecule has 1 unspecified atom stereocenters. The molecule has 1 nitrogen and oxygen atoms in total. The molecule has 0 saturated heterocycles. The van der Waals surface area contributed by atoms with Crippen molar-refractivity contribution in [1.82, 2.24) is 0 Å². The Bertz CT molecular complexity index is 568. The van der Waals surface area contributed by atoms with Crippen molar-refractivity contribution in [3.05, 3.63) is 71.3 Å². The summed E-state index contributed by atoms with van der Waals surface area (Å²) in [4.78, 5) is 0. The van der Waals surface area contributed by atoms with E-state index in [0.717, 1.165) is 0 Å². The third-order valence-corrected chi connectivity index (χ3v) is 3.50. The molecule has 0 spiro atoms. The van der Waals surface area contributed by atoms with Gasteiger partial charge in [0.2, 0.25) is 0 Å². The van der Waals surface area contributed by atoms with Crippen LogP contribution in [0.2, 0.25) is 0 Å². The molecule has 2 rings (SSSR count). The van der Waals surface area contributed by atoms with Crippen molar-refractivity contribution in [2.45, 2.75) is 25.3 Å². The van der Waals surface area contributed by atoms with Gasteiger partial charge in [0, 0.05) is 11.1 Å². The van der Waals surface area contributed by atoms with Crippen molar-refractivity contribution in [3.8, 4) is 0 Å². The Hall–Kier alpha value is -1.74. The van der Waals surface area contributed by atoms with Crippen LogP contribution < -0.4 is 5.73 Å². The third kappa shape index (κ3) is 2.82. The molecule has 3 heteroatoms. The highest BCUT2D eigenvalue weighted by Crippen LogP contribution is 2.29. The Balaban J connectivity index is 2.39. The summed E-state index contributed by atoms with van der Waals surface area (Å²) in [6.07, 6.45) is 0.805. The highest BCUT2D eigenvalue weighted by molar-refractivity contribution is 5.30. The second-order valence-electron chi connectivity index (χ2n) is 4.76. The second-order valence-corrected chi connectivity index (χ2v) is 4.76. The Kier molecular flexibility index (Phi) is 3.96. The summed E-state index contributed by atoms with van der Waals surface area (Å²) in [5.74, 6) is -0.648. The molecule has 0 fully saturated rings. The first kappa shape index (κ1) is 13.7. The molecular formula is C16H17F2N. The normalized spacial score (nSPS) is 14.1. The first-order valence-electron chi connectivity index (χ1n) is 6.34. The van der Waals surface area contributed by atoms with E-state index in [9.17, 15) is 8.78 Å². The van der Waals surface area contributed by atoms with E-state index in [2.05, 4.69) is 0 Å². The predicted molar refractivity (Wildman–Crippen MR) is 72.7 cm³/mol. The predicted octanol–water partition coefficient (Wildman–Crippen LogP) is 3.77. The Morgan fingerprint density at radius 1 is 0.947 bits per heavy atom. The minimum Gasteiger partial charge on any atom is -0.321 e. The van der Waals surface area contributed by atoms with Crippen molar-refractivity contribution >= 4 is 0 Å². The zero-order valence-electron chi connectivity index (χ0n) is 10.9. The van der Waals surface area contributed by atoms with Crippen molar-refractivity contribution in [3.63, 3.8) is 0 Å². The molecule has 0 aliphatic heterocycles. The summed E-state index contributed by atoms with van der Waals surface area (Å²) in [6, 6.07) is 12.9. The summed E-state index contributed by atoms with van der Waals surface area (Å²) in [7, 11) is 0. The molecule has 2 aromatic rings. The maximum absolute atomic E-state index is 13.9. The average Bonchev–Trinajstić information content (AvgIpc) is 2.42. The summed E-state index contributed by atoms with van der Waals surface area (Å²) in [5, 5.41) is 0. The van der Waals surface area contributed by atoms with E-state index >= 15 is 0 Å². The van der Waals surface area contributed by atoms with Gasteiger partial charge in [-0.15, -0.1) is 0 Å². The van der Waals surface area contributed by atoms with Gasteiger partial charge in [0.15, 0.2) is 0 Å². The molecule has 1 atom stereocenters. The molecule has 0 amide bonds. The lowest BCUT2D eigenvalue weighted by molar-refractivity contribution is 0.396. The van der Waals surface area contributed by atoms with Crippen LogP contribution in [-0.2, 0) is 12.0 Å². The maximum atomic E-state index is 13.9. The molecule has 0 bridgehead atoms. The van der Waals surface area contributed by atoms with E-state index in [0.29, 0.717) is 17.5 Å². The van der Waals surface area contributed by atoms with E-state index in [1.807, 2.05) is 6.92 Å². The minimum atomic E-state index is -0.895. The van der Waals surface area contributed by atoms with E-state index < -0.39 is 5.54 Å². The van der Waals surface area contributed by atoms with Crippen molar-refractivity contribution < 1.29 is 8.78 Å². The summed E-state index contributed by atoms with van der Waals surface area (Å²) >= 11 is 0. The van der Waals surface area contributed by atoms with Crippen LogP contribution in [0.25, 0.3) is 0 Å². The van der Waals surface area contributed by atoms with Crippen molar-refractivity contribution in [2.24, 2.45) is 5.73 Å². The summed E-state index contributed by atoms with van der Waals surface area (Å²) in [6.45, 7) is 1.88. The molecule has 0 aromatic heterocycles. The molecule has 0 aliphatic rings. The zero-order chi connectivity index (χ0) is 13.9. The van der Waals surface area contributed by atoms with Crippen molar-refractivity contribution in [2.75, 3.05) is 0 Å². The highest BCUT2D eigenvalue weighted by Gasteiger charge is 2.29. The molecule has 0 saturated carbocycles. The van der Waals surface area contributed by atoms with Crippen LogP contribution in [0.5, 0.6) is 0 Å². The lowest BCUT2D eigenvalue weighted by Crippen LogP contribution is -2.39. The second kappa shape index (κ2) is 5.49. The quantitative estimate of drug-likeness (QED) is 0.890. The fraction of sp³-hybridized carbons (Fsp3) is 0.250. The average molecular weight is 261 g/mol. The highest BCUT2D eigenvalue weighted by atomic mass is 19.1. The number of hydrogen-bond donors (Lipinski definition) is 1.